The monoisotopic (exact) mass is 379 g/mol. The second-order valence-electron chi connectivity index (χ2n) is 7.41. The molecule has 2 aromatic rings. The molecule has 1 fully saturated rings. The van der Waals surface area contributed by atoms with Crippen molar-refractivity contribution in [2.75, 3.05) is 6.54 Å². The van der Waals surface area contributed by atoms with Crippen LogP contribution in [0, 0.1) is 5.92 Å². The van der Waals surface area contributed by atoms with Crippen LogP contribution in [0.3, 0.4) is 0 Å². The molecule has 6 nitrogen and oxygen atoms in total. The van der Waals surface area contributed by atoms with Crippen LogP contribution in [0.15, 0.2) is 54.6 Å². The van der Waals surface area contributed by atoms with Crippen LogP contribution in [-0.4, -0.2) is 29.3 Å². The Hall–Kier alpha value is -3.15. The molecule has 1 aliphatic rings. The molecule has 0 spiro atoms. The van der Waals surface area contributed by atoms with E-state index < -0.39 is 6.03 Å². The smallest absolute Gasteiger partial charge is 0.324 e. The number of nitrogens with zero attached hydrogens (tertiary/aromatic N) is 1. The predicted octanol–water partition coefficient (Wildman–Crippen LogP) is 3.26. The van der Waals surface area contributed by atoms with Gasteiger partial charge in [-0.1, -0.05) is 56.3 Å². The number of imide groups is 1. The quantitative estimate of drug-likeness (QED) is 0.725. The van der Waals surface area contributed by atoms with Gasteiger partial charge in [0.2, 0.25) is 5.91 Å². The van der Waals surface area contributed by atoms with E-state index in [-0.39, 0.29) is 30.9 Å². The SMILES string of the molecule is CC(C)C[C@@H](NC(=O)c1cccc(CN2C(=O)CNC2=O)c1)c1ccccc1. The fourth-order valence-electron chi connectivity index (χ4n) is 3.29. The highest BCUT2D eigenvalue weighted by atomic mass is 16.2. The molecule has 1 aliphatic heterocycles. The van der Waals surface area contributed by atoms with E-state index in [2.05, 4.69) is 24.5 Å². The first-order valence-corrected chi connectivity index (χ1v) is 9.47. The molecule has 6 heteroatoms. The molecule has 0 radical (unpaired) electrons. The summed E-state index contributed by atoms with van der Waals surface area (Å²) in [5, 5.41) is 5.62. The van der Waals surface area contributed by atoms with E-state index in [9.17, 15) is 14.4 Å². The van der Waals surface area contributed by atoms with E-state index in [1.54, 1.807) is 24.3 Å². The lowest BCUT2D eigenvalue weighted by Crippen LogP contribution is -2.31. The number of hydrogen-bond acceptors (Lipinski definition) is 3. The molecule has 0 saturated carbocycles. The fraction of sp³-hybridized carbons (Fsp3) is 0.318. The van der Waals surface area contributed by atoms with E-state index in [1.807, 2.05) is 30.3 Å². The molecule has 1 heterocycles. The normalized spacial score (nSPS) is 14.9. The van der Waals surface area contributed by atoms with Crippen LogP contribution < -0.4 is 10.6 Å². The largest absolute Gasteiger partial charge is 0.345 e. The number of carbonyl (C=O) groups is 3. The van der Waals surface area contributed by atoms with Crippen LogP contribution in [0.25, 0.3) is 0 Å². The van der Waals surface area contributed by atoms with E-state index >= 15 is 0 Å². The maximum atomic E-state index is 12.9. The van der Waals surface area contributed by atoms with Gasteiger partial charge in [-0.15, -0.1) is 0 Å². The van der Waals surface area contributed by atoms with E-state index in [4.69, 9.17) is 0 Å². The maximum absolute atomic E-state index is 12.9. The number of hydrogen-bond donors (Lipinski definition) is 2. The van der Waals surface area contributed by atoms with E-state index in [0.29, 0.717) is 11.5 Å². The van der Waals surface area contributed by atoms with E-state index in [1.165, 1.54) is 0 Å². The first kappa shape index (κ1) is 19.6. The molecule has 0 aliphatic carbocycles. The van der Waals surface area contributed by atoms with Gasteiger partial charge in [-0.05, 0) is 35.6 Å². The predicted molar refractivity (Wildman–Crippen MR) is 106 cm³/mol. The summed E-state index contributed by atoms with van der Waals surface area (Å²) in [6.07, 6.45) is 0.831. The van der Waals surface area contributed by atoms with Gasteiger partial charge in [-0.25, -0.2) is 4.79 Å². The van der Waals surface area contributed by atoms with Crippen LogP contribution in [0.4, 0.5) is 4.79 Å². The summed E-state index contributed by atoms with van der Waals surface area (Å²) in [7, 11) is 0. The minimum atomic E-state index is -0.402. The van der Waals surface area contributed by atoms with Crippen LogP contribution in [-0.2, 0) is 11.3 Å². The third-order valence-corrected chi connectivity index (χ3v) is 4.68. The topological polar surface area (TPSA) is 78.5 Å². The highest BCUT2D eigenvalue weighted by molar-refractivity contribution is 6.02. The van der Waals surface area contributed by atoms with Crippen molar-refractivity contribution in [1.82, 2.24) is 15.5 Å². The zero-order chi connectivity index (χ0) is 20.1. The molecule has 28 heavy (non-hydrogen) atoms. The molecule has 0 bridgehead atoms. The Morgan fingerprint density at radius 1 is 1.11 bits per heavy atom. The second kappa shape index (κ2) is 8.69. The second-order valence-corrected chi connectivity index (χ2v) is 7.41. The number of urea groups is 1. The van der Waals surface area contributed by atoms with Crippen molar-refractivity contribution in [3.63, 3.8) is 0 Å². The van der Waals surface area contributed by atoms with Crippen molar-refractivity contribution in [1.29, 1.82) is 0 Å². The number of amides is 4. The van der Waals surface area contributed by atoms with Crippen LogP contribution in [0.1, 0.15) is 47.8 Å². The van der Waals surface area contributed by atoms with Gasteiger partial charge >= 0.3 is 6.03 Å². The Balaban J connectivity index is 1.74. The van der Waals surface area contributed by atoms with Crippen molar-refractivity contribution >= 4 is 17.8 Å². The summed E-state index contributed by atoms with van der Waals surface area (Å²) in [5.74, 6) is -0.00832. The summed E-state index contributed by atoms with van der Waals surface area (Å²) >= 11 is 0. The van der Waals surface area contributed by atoms with Gasteiger partial charge in [-0.2, -0.15) is 0 Å². The molecule has 1 saturated heterocycles. The number of benzene rings is 2. The van der Waals surface area contributed by atoms with Gasteiger partial charge in [0, 0.05) is 5.56 Å². The summed E-state index contributed by atoms with van der Waals surface area (Å²) in [6.45, 7) is 4.43. The van der Waals surface area contributed by atoms with Gasteiger partial charge in [0.15, 0.2) is 0 Å². The van der Waals surface area contributed by atoms with Crippen LogP contribution in [0.5, 0.6) is 0 Å². The summed E-state index contributed by atoms with van der Waals surface area (Å²) in [5.41, 5.74) is 2.31. The molecule has 2 aromatic carbocycles. The zero-order valence-electron chi connectivity index (χ0n) is 16.1. The Morgan fingerprint density at radius 2 is 1.86 bits per heavy atom. The molecule has 1 atom stereocenters. The van der Waals surface area contributed by atoms with Crippen molar-refractivity contribution < 1.29 is 14.4 Å². The maximum Gasteiger partial charge on any atom is 0.324 e. The van der Waals surface area contributed by atoms with Crippen LogP contribution >= 0.6 is 0 Å². The zero-order valence-corrected chi connectivity index (χ0v) is 16.1. The molecule has 0 unspecified atom stereocenters. The Morgan fingerprint density at radius 3 is 2.50 bits per heavy atom. The van der Waals surface area contributed by atoms with Crippen LogP contribution in [0.2, 0.25) is 0 Å². The molecular formula is C22H25N3O3. The summed E-state index contributed by atoms with van der Waals surface area (Å²) < 4.78 is 0. The van der Waals surface area contributed by atoms with Gasteiger partial charge in [0.05, 0.1) is 19.1 Å². The van der Waals surface area contributed by atoms with Gasteiger partial charge in [-0.3, -0.25) is 14.5 Å². The minimum absolute atomic E-state index is 0.0208. The Kier molecular flexibility index (Phi) is 6.09. The number of carbonyl (C=O) groups excluding carboxylic acids is 3. The van der Waals surface area contributed by atoms with Gasteiger partial charge in [0.25, 0.3) is 5.91 Å². The fourth-order valence-corrected chi connectivity index (χ4v) is 3.29. The van der Waals surface area contributed by atoms with Gasteiger partial charge < -0.3 is 10.6 Å². The van der Waals surface area contributed by atoms with Crippen molar-refractivity contribution in [2.24, 2.45) is 5.92 Å². The molecule has 146 valence electrons. The first-order valence-electron chi connectivity index (χ1n) is 9.47. The van der Waals surface area contributed by atoms with Crippen molar-refractivity contribution in [3.8, 4) is 0 Å². The van der Waals surface area contributed by atoms with E-state index in [0.717, 1.165) is 22.4 Å². The first-order chi connectivity index (χ1) is 13.4. The lowest BCUT2D eigenvalue weighted by atomic mass is 9.96. The minimum Gasteiger partial charge on any atom is -0.345 e. The van der Waals surface area contributed by atoms with Gasteiger partial charge in [0.1, 0.15) is 0 Å². The molecular weight excluding hydrogens is 354 g/mol. The Labute approximate surface area is 164 Å². The molecule has 3 rings (SSSR count). The lowest BCUT2D eigenvalue weighted by Gasteiger charge is -2.21. The average molecular weight is 379 g/mol. The van der Waals surface area contributed by atoms with Crippen molar-refractivity contribution in [2.45, 2.75) is 32.9 Å². The highest BCUT2D eigenvalue weighted by Crippen LogP contribution is 2.22. The highest BCUT2D eigenvalue weighted by Gasteiger charge is 2.28. The number of rotatable bonds is 7. The third kappa shape index (κ3) is 4.76. The van der Waals surface area contributed by atoms with Crippen molar-refractivity contribution in [3.05, 3.63) is 71.3 Å². The number of nitrogens with one attached hydrogen (secondary N) is 2. The Bertz CT molecular complexity index is 848. The summed E-state index contributed by atoms with van der Waals surface area (Å²) in [4.78, 5) is 37.5. The lowest BCUT2D eigenvalue weighted by molar-refractivity contribution is -0.125. The molecule has 0 aromatic heterocycles. The molecule has 2 N–H and O–H groups in total. The summed E-state index contributed by atoms with van der Waals surface area (Å²) in [6, 6.07) is 16.5. The molecule has 4 amide bonds. The average Bonchev–Trinajstić information content (AvgIpc) is 3.00. The standard InChI is InChI=1S/C22H25N3O3/c1-15(2)11-19(17-8-4-3-5-9-17)24-21(27)18-10-6-7-16(12-18)14-25-20(26)13-23-22(25)28/h3-10,12,15,19H,11,13-14H2,1-2H3,(H,23,28)(H,24,27)/t19-/m1/s1. The third-order valence-electron chi connectivity index (χ3n) is 4.68.